The molecule has 0 atom stereocenters. The Balaban J connectivity index is 1.98. The fourth-order valence-electron chi connectivity index (χ4n) is 1.79. The molecule has 0 unspecified atom stereocenters. The molecular weight excluding hydrogens is 286 g/mol. The summed E-state index contributed by atoms with van der Waals surface area (Å²) in [5.74, 6) is -0.275. The lowest BCUT2D eigenvalue weighted by Crippen LogP contribution is -2.14. The number of amides is 1. The van der Waals surface area contributed by atoms with Crippen LogP contribution in [0.15, 0.2) is 42.6 Å². The Morgan fingerprint density at radius 3 is 2.71 bits per heavy atom. The quantitative estimate of drug-likeness (QED) is 0.786. The zero-order valence-corrected chi connectivity index (χ0v) is 12.7. The smallest absolute Gasteiger partial charge is 0.274 e. The van der Waals surface area contributed by atoms with E-state index in [2.05, 4.69) is 22.5 Å². The lowest BCUT2D eigenvalue weighted by Gasteiger charge is -2.08. The number of nitrogens with one attached hydrogen (secondary N) is 2. The molecule has 0 spiro atoms. The van der Waals surface area contributed by atoms with Gasteiger partial charge in [-0.2, -0.15) is 0 Å². The standard InChI is InChI=1S/C16H18ClN3O/c1-2-3-10-18-12-8-9-15(19-11-12)16(21)20-14-7-5-4-6-13(14)17/h4-9,11,18H,2-3,10H2,1H3,(H,20,21). The maximum absolute atomic E-state index is 12.1. The van der Waals surface area contributed by atoms with Gasteiger partial charge in [-0.05, 0) is 30.7 Å². The number of hydrogen-bond donors (Lipinski definition) is 2. The van der Waals surface area contributed by atoms with Crippen LogP contribution in [-0.4, -0.2) is 17.4 Å². The highest BCUT2D eigenvalue weighted by molar-refractivity contribution is 6.33. The third-order valence-corrected chi connectivity index (χ3v) is 3.31. The average Bonchev–Trinajstić information content (AvgIpc) is 2.50. The van der Waals surface area contributed by atoms with E-state index in [4.69, 9.17) is 11.6 Å². The molecule has 1 aromatic carbocycles. The Bertz CT molecular complexity index is 599. The Morgan fingerprint density at radius 1 is 1.24 bits per heavy atom. The fourth-order valence-corrected chi connectivity index (χ4v) is 1.97. The Morgan fingerprint density at radius 2 is 2.05 bits per heavy atom. The average molecular weight is 304 g/mol. The molecule has 2 rings (SSSR count). The van der Waals surface area contributed by atoms with Crippen molar-refractivity contribution >= 4 is 28.9 Å². The number of carbonyl (C=O) groups is 1. The fraction of sp³-hybridized carbons (Fsp3) is 0.250. The van der Waals surface area contributed by atoms with Crippen LogP contribution in [0.1, 0.15) is 30.3 Å². The highest BCUT2D eigenvalue weighted by Gasteiger charge is 2.09. The zero-order valence-electron chi connectivity index (χ0n) is 11.9. The third-order valence-electron chi connectivity index (χ3n) is 2.98. The first-order chi connectivity index (χ1) is 10.2. The number of unbranched alkanes of at least 4 members (excludes halogenated alkanes) is 1. The molecule has 2 aromatic rings. The minimum atomic E-state index is -0.275. The van der Waals surface area contributed by atoms with Crippen molar-refractivity contribution < 1.29 is 4.79 Å². The number of aromatic nitrogens is 1. The van der Waals surface area contributed by atoms with Crippen molar-refractivity contribution in [3.63, 3.8) is 0 Å². The SMILES string of the molecule is CCCCNc1ccc(C(=O)Nc2ccccc2Cl)nc1. The summed E-state index contributed by atoms with van der Waals surface area (Å²) in [6.07, 6.45) is 3.91. The number of benzene rings is 1. The first kappa shape index (κ1) is 15.3. The molecule has 0 aliphatic rings. The second-order valence-electron chi connectivity index (χ2n) is 4.65. The van der Waals surface area contributed by atoms with E-state index in [1.807, 2.05) is 18.2 Å². The summed E-state index contributed by atoms with van der Waals surface area (Å²) in [5, 5.41) is 6.50. The molecular formula is C16H18ClN3O. The minimum Gasteiger partial charge on any atom is -0.384 e. The molecule has 4 nitrogen and oxygen atoms in total. The molecule has 1 aromatic heterocycles. The molecule has 110 valence electrons. The van der Waals surface area contributed by atoms with E-state index in [1.54, 1.807) is 24.4 Å². The number of pyridine rings is 1. The van der Waals surface area contributed by atoms with Crippen molar-refractivity contribution in [2.75, 3.05) is 17.2 Å². The highest BCUT2D eigenvalue weighted by atomic mass is 35.5. The van der Waals surface area contributed by atoms with E-state index < -0.39 is 0 Å². The second kappa shape index (κ2) is 7.64. The van der Waals surface area contributed by atoms with Gasteiger partial charge in [-0.15, -0.1) is 0 Å². The van der Waals surface area contributed by atoms with Crippen LogP contribution < -0.4 is 10.6 Å². The first-order valence-electron chi connectivity index (χ1n) is 6.96. The Kier molecular flexibility index (Phi) is 5.58. The lowest BCUT2D eigenvalue weighted by atomic mass is 10.2. The van der Waals surface area contributed by atoms with Crippen molar-refractivity contribution in [1.29, 1.82) is 0 Å². The van der Waals surface area contributed by atoms with Crippen LogP contribution >= 0.6 is 11.6 Å². The van der Waals surface area contributed by atoms with E-state index in [1.165, 1.54) is 0 Å². The Hall–Kier alpha value is -2.07. The number of hydrogen-bond acceptors (Lipinski definition) is 3. The highest BCUT2D eigenvalue weighted by Crippen LogP contribution is 2.21. The van der Waals surface area contributed by atoms with Crippen molar-refractivity contribution in [1.82, 2.24) is 4.98 Å². The van der Waals surface area contributed by atoms with Crippen LogP contribution in [0.2, 0.25) is 5.02 Å². The molecule has 0 saturated carbocycles. The van der Waals surface area contributed by atoms with Gasteiger partial charge in [0, 0.05) is 6.54 Å². The number of rotatable bonds is 6. The molecule has 2 N–H and O–H groups in total. The number of para-hydroxylation sites is 1. The molecule has 0 radical (unpaired) electrons. The normalized spacial score (nSPS) is 10.2. The predicted octanol–water partition coefficient (Wildman–Crippen LogP) is 4.20. The maximum Gasteiger partial charge on any atom is 0.274 e. The number of carbonyl (C=O) groups excluding carboxylic acids is 1. The van der Waals surface area contributed by atoms with E-state index in [0.717, 1.165) is 25.1 Å². The van der Waals surface area contributed by atoms with Gasteiger partial charge in [0.15, 0.2) is 0 Å². The van der Waals surface area contributed by atoms with E-state index in [0.29, 0.717) is 16.4 Å². The molecule has 5 heteroatoms. The number of nitrogens with zero attached hydrogens (tertiary/aromatic N) is 1. The Labute approximate surface area is 129 Å². The molecule has 21 heavy (non-hydrogen) atoms. The molecule has 0 saturated heterocycles. The van der Waals surface area contributed by atoms with Crippen molar-refractivity contribution in [3.8, 4) is 0 Å². The summed E-state index contributed by atoms with van der Waals surface area (Å²) in [6, 6.07) is 10.7. The predicted molar refractivity (Wildman–Crippen MR) is 87.0 cm³/mol. The van der Waals surface area contributed by atoms with Gasteiger partial charge in [0.1, 0.15) is 5.69 Å². The third kappa shape index (κ3) is 4.46. The monoisotopic (exact) mass is 303 g/mol. The van der Waals surface area contributed by atoms with Crippen LogP contribution in [0.5, 0.6) is 0 Å². The van der Waals surface area contributed by atoms with Gasteiger partial charge in [-0.3, -0.25) is 4.79 Å². The summed E-state index contributed by atoms with van der Waals surface area (Å²) < 4.78 is 0. The van der Waals surface area contributed by atoms with Crippen LogP contribution in [0.4, 0.5) is 11.4 Å². The van der Waals surface area contributed by atoms with Crippen molar-refractivity contribution in [3.05, 3.63) is 53.3 Å². The molecule has 0 fully saturated rings. The van der Waals surface area contributed by atoms with Crippen LogP contribution in [0, 0.1) is 0 Å². The molecule has 1 amide bonds. The van der Waals surface area contributed by atoms with Gasteiger partial charge in [-0.1, -0.05) is 37.1 Å². The van der Waals surface area contributed by atoms with Crippen molar-refractivity contribution in [2.24, 2.45) is 0 Å². The van der Waals surface area contributed by atoms with Crippen LogP contribution in [0.25, 0.3) is 0 Å². The zero-order chi connectivity index (χ0) is 15.1. The summed E-state index contributed by atoms with van der Waals surface area (Å²) in [6.45, 7) is 3.05. The topological polar surface area (TPSA) is 54.0 Å². The summed E-state index contributed by atoms with van der Waals surface area (Å²) in [5.41, 5.74) is 1.85. The maximum atomic E-state index is 12.1. The first-order valence-corrected chi connectivity index (χ1v) is 7.34. The van der Waals surface area contributed by atoms with Crippen LogP contribution in [-0.2, 0) is 0 Å². The second-order valence-corrected chi connectivity index (χ2v) is 5.05. The minimum absolute atomic E-state index is 0.275. The molecule has 0 aliphatic carbocycles. The summed E-state index contributed by atoms with van der Waals surface area (Å²) >= 11 is 6.01. The van der Waals surface area contributed by atoms with Gasteiger partial charge < -0.3 is 10.6 Å². The van der Waals surface area contributed by atoms with Crippen molar-refractivity contribution in [2.45, 2.75) is 19.8 Å². The summed E-state index contributed by atoms with van der Waals surface area (Å²) in [7, 11) is 0. The lowest BCUT2D eigenvalue weighted by molar-refractivity contribution is 0.102. The van der Waals surface area contributed by atoms with Gasteiger partial charge in [0.05, 0.1) is 22.6 Å². The number of anilines is 2. The molecule has 0 bridgehead atoms. The summed E-state index contributed by atoms with van der Waals surface area (Å²) in [4.78, 5) is 16.3. The van der Waals surface area contributed by atoms with Crippen LogP contribution in [0.3, 0.4) is 0 Å². The van der Waals surface area contributed by atoms with Gasteiger partial charge >= 0.3 is 0 Å². The van der Waals surface area contributed by atoms with E-state index in [9.17, 15) is 4.79 Å². The van der Waals surface area contributed by atoms with Gasteiger partial charge in [0.25, 0.3) is 5.91 Å². The molecule has 1 heterocycles. The van der Waals surface area contributed by atoms with E-state index >= 15 is 0 Å². The van der Waals surface area contributed by atoms with E-state index in [-0.39, 0.29) is 5.91 Å². The van der Waals surface area contributed by atoms with Gasteiger partial charge in [0.2, 0.25) is 0 Å². The number of halogens is 1. The molecule has 0 aliphatic heterocycles. The largest absolute Gasteiger partial charge is 0.384 e. The van der Waals surface area contributed by atoms with Gasteiger partial charge in [-0.25, -0.2) is 4.98 Å².